The lowest BCUT2D eigenvalue weighted by Gasteiger charge is -2.36. The molecule has 186 valence electrons. The molecule has 6 nitrogen and oxygen atoms in total. The first-order valence-corrected chi connectivity index (χ1v) is 12.1. The number of halogens is 1. The van der Waals surface area contributed by atoms with E-state index >= 15 is 0 Å². The van der Waals surface area contributed by atoms with Gasteiger partial charge in [-0.25, -0.2) is 4.39 Å². The van der Waals surface area contributed by atoms with Crippen LogP contribution in [-0.4, -0.2) is 48.1 Å². The molecule has 1 aliphatic heterocycles. The smallest absolute Gasteiger partial charge is 0.293 e. The largest absolute Gasteiger partial charge is 0.481 e. The minimum absolute atomic E-state index is 0.186. The van der Waals surface area contributed by atoms with Crippen molar-refractivity contribution in [1.82, 2.24) is 9.80 Å². The average Bonchev–Trinajstić information content (AvgIpc) is 2.90. The summed E-state index contributed by atoms with van der Waals surface area (Å²) in [6, 6.07) is 24.2. The molecule has 1 fully saturated rings. The molecule has 0 aromatic heterocycles. The quantitative estimate of drug-likeness (QED) is 0.276. The number of nitrogens with zero attached hydrogens (tertiary/aromatic N) is 2. The van der Waals surface area contributed by atoms with Crippen molar-refractivity contribution in [3.05, 3.63) is 113 Å². The van der Waals surface area contributed by atoms with Crippen LogP contribution in [0, 0.1) is 12.7 Å². The number of anilines is 1. The number of para-hydroxylation sites is 1. The Kier molecular flexibility index (Phi) is 8.47. The van der Waals surface area contributed by atoms with E-state index in [4.69, 9.17) is 10.1 Å². The van der Waals surface area contributed by atoms with Gasteiger partial charge in [0.2, 0.25) is 5.76 Å². The first-order valence-electron chi connectivity index (χ1n) is 12.1. The van der Waals surface area contributed by atoms with E-state index in [0.29, 0.717) is 30.0 Å². The molecule has 3 aromatic rings. The van der Waals surface area contributed by atoms with Gasteiger partial charge >= 0.3 is 0 Å². The molecule has 1 saturated heterocycles. The van der Waals surface area contributed by atoms with Crippen molar-refractivity contribution < 1.29 is 19.3 Å². The Hall–Kier alpha value is -3.97. The van der Waals surface area contributed by atoms with Gasteiger partial charge in [-0.15, -0.1) is 0 Å². The predicted octanol–water partition coefficient (Wildman–Crippen LogP) is 3.15. The van der Waals surface area contributed by atoms with Crippen LogP contribution in [0.1, 0.15) is 16.7 Å². The lowest BCUT2D eigenvalue weighted by Crippen LogP contribution is -2.48. The molecule has 0 saturated carbocycles. The maximum Gasteiger partial charge on any atom is 0.293 e. The molecular formula is C29H32FN4O2+. The molecule has 3 N–H and O–H groups in total. The third kappa shape index (κ3) is 6.58. The summed E-state index contributed by atoms with van der Waals surface area (Å²) in [5.74, 6) is -0.348. The topological polar surface area (TPSA) is 70.4 Å². The highest BCUT2D eigenvalue weighted by Crippen LogP contribution is 2.19. The van der Waals surface area contributed by atoms with Gasteiger partial charge in [0.15, 0.2) is 6.21 Å². The van der Waals surface area contributed by atoms with Gasteiger partial charge in [0.05, 0.1) is 0 Å². The van der Waals surface area contributed by atoms with Crippen molar-refractivity contribution in [3.63, 3.8) is 0 Å². The maximum atomic E-state index is 13.6. The number of allylic oxidation sites excluding steroid dienone is 1. The van der Waals surface area contributed by atoms with Crippen molar-refractivity contribution in [2.75, 3.05) is 31.5 Å². The molecule has 1 amide bonds. The zero-order valence-electron chi connectivity index (χ0n) is 20.5. The number of piperazine rings is 1. The number of benzene rings is 3. The Morgan fingerprint density at radius 1 is 0.972 bits per heavy atom. The van der Waals surface area contributed by atoms with Gasteiger partial charge < -0.3 is 15.0 Å². The highest BCUT2D eigenvalue weighted by Gasteiger charge is 2.26. The molecular weight excluding hydrogens is 455 g/mol. The first kappa shape index (κ1) is 25.1. The highest BCUT2D eigenvalue weighted by molar-refractivity contribution is 6.05. The van der Waals surface area contributed by atoms with E-state index in [0.717, 1.165) is 30.8 Å². The average molecular weight is 488 g/mol. The van der Waals surface area contributed by atoms with Gasteiger partial charge in [0.25, 0.3) is 5.91 Å². The van der Waals surface area contributed by atoms with E-state index < -0.39 is 0 Å². The molecule has 3 aromatic carbocycles. The summed E-state index contributed by atoms with van der Waals surface area (Å²) in [5, 5.41) is 8.98. The van der Waals surface area contributed by atoms with Gasteiger partial charge in [-0.1, -0.05) is 60.7 Å². The van der Waals surface area contributed by atoms with Crippen LogP contribution in [0.25, 0.3) is 0 Å². The molecule has 0 unspecified atom stereocenters. The molecule has 0 radical (unpaired) electrons. The minimum Gasteiger partial charge on any atom is -0.481 e. The number of ether oxygens (including phenoxy) is 1. The summed E-state index contributed by atoms with van der Waals surface area (Å²) in [4.78, 5) is 17.7. The molecule has 0 atom stereocenters. The number of amides is 1. The molecule has 36 heavy (non-hydrogen) atoms. The highest BCUT2D eigenvalue weighted by atomic mass is 19.1. The van der Waals surface area contributed by atoms with Gasteiger partial charge in [-0.2, -0.15) is 0 Å². The lowest BCUT2D eigenvalue weighted by molar-refractivity contribution is -0.117. The van der Waals surface area contributed by atoms with Gasteiger partial charge in [0.1, 0.15) is 18.1 Å². The van der Waals surface area contributed by atoms with E-state index in [2.05, 4.69) is 15.1 Å². The number of nitrogens with two attached hydrogens (primary N) is 1. The fourth-order valence-electron chi connectivity index (χ4n) is 4.23. The number of rotatable bonds is 9. The standard InChI is InChI=1S/C29H31FN4O2/c1-22-18-24(12-13-26(22)30)20-33-14-16-34(17-15-33)27(19-31)28(36-21-23-8-4-2-5-9-23)29(35)32-25-10-6-3-7-11-25/h2-13,18-19,31H,14-17,20-21H2,1H3,(H,32,35)/p+1/b28-27-,31-19?. The fourth-order valence-corrected chi connectivity index (χ4v) is 4.23. The first-order chi connectivity index (χ1) is 17.5. The zero-order valence-corrected chi connectivity index (χ0v) is 20.5. The molecule has 0 aliphatic carbocycles. The van der Waals surface area contributed by atoms with Crippen molar-refractivity contribution in [2.45, 2.75) is 20.1 Å². The number of carbonyl (C=O) groups excluding carboxylic acids is 1. The second-order valence-electron chi connectivity index (χ2n) is 8.82. The number of hydrogen-bond donors (Lipinski definition) is 2. The maximum absolute atomic E-state index is 13.6. The van der Waals surface area contributed by atoms with E-state index in [1.54, 1.807) is 6.92 Å². The molecule has 4 rings (SSSR count). The van der Waals surface area contributed by atoms with Crippen LogP contribution in [0.5, 0.6) is 0 Å². The Bertz CT molecular complexity index is 1210. The molecule has 7 heteroatoms. The summed E-state index contributed by atoms with van der Waals surface area (Å²) < 4.78 is 19.7. The Labute approximate surface area is 211 Å². The van der Waals surface area contributed by atoms with Crippen molar-refractivity contribution >= 4 is 17.8 Å². The van der Waals surface area contributed by atoms with Crippen molar-refractivity contribution in [1.29, 1.82) is 0 Å². The lowest BCUT2D eigenvalue weighted by atomic mass is 10.1. The molecule has 1 aliphatic rings. The van der Waals surface area contributed by atoms with Gasteiger partial charge in [-0.05, 0) is 41.8 Å². The summed E-state index contributed by atoms with van der Waals surface area (Å²) in [5.41, 5.74) is 3.94. The molecule has 0 spiro atoms. The summed E-state index contributed by atoms with van der Waals surface area (Å²) in [7, 11) is 0. The van der Waals surface area contributed by atoms with Crippen LogP contribution in [0.15, 0.2) is 90.3 Å². The number of hydrogen-bond acceptors (Lipinski definition) is 4. The van der Waals surface area contributed by atoms with E-state index in [1.165, 1.54) is 12.3 Å². The monoisotopic (exact) mass is 487 g/mol. The zero-order chi connectivity index (χ0) is 25.3. The third-order valence-electron chi connectivity index (χ3n) is 6.20. The second-order valence-corrected chi connectivity index (χ2v) is 8.82. The van der Waals surface area contributed by atoms with E-state index in [1.807, 2.05) is 72.8 Å². The van der Waals surface area contributed by atoms with Crippen LogP contribution in [0.2, 0.25) is 0 Å². The van der Waals surface area contributed by atoms with Gasteiger partial charge in [-0.3, -0.25) is 15.1 Å². The fraction of sp³-hybridized carbons (Fsp3) is 0.241. The Morgan fingerprint density at radius 3 is 2.28 bits per heavy atom. The summed E-state index contributed by atoms with van der Waals surface area (Å²) in [6.07, 6.45) is 1.45. The van der Waals surface area contributed by atoms with Crippen molar-refractivity contribution in [3.8, 4) is 0 Å². The van der Waals surface area contributed by atoms with Crippen LogP contribution in [-0.2, 0) is 22.7 Å². The molecule has 1 heterocycles. The van der Waals surface area contributed by atoms with Gasteiger partial charge in [0, 0.05) is 38.4 Å². The summed E-state index contributed by atoms with van der Waals surface area (Å²) in [6.45, 7) is 5.69. The SMILES string of the molecule is Cc1cc(CN2CCN(/C(C=[NH2+])=C(\OCc3ccccc3)C(=O)Nc3ccccc3)CC2)ccc1F. The number of aryl methyl sites for hydroxylation is 1. The van der Waals surface area contributed by atoms with E-state index in [-0.39, 0.29) is 24.1 Å². The predicted molar refractivity (Wildman–Crippen MR) is 139 cm³/mol. The minimum atomic E-state index is -0.349. The van der Waals surface area contributed by atoms with Crippen LogP contribution < -0.4 is 10.7 Å². The summed E-state index contributed by atoms with van der Waals surface area (Å²) >= 11 is 0. The third-order valence-corrected chi connectivity index (χ3v) is 6.20. The Morgan fingerprint density at radius 2 is 1.64 bits per heavy atom. The number of nitrogens with one attached hydrogen (secondary N) is 1. The Balaban J connectivity index is 1.49. The van der Waals surface area contributed by atoms with Crippen molar-refractivity contribution in [2.24, 2.45) is 0 Å². The second kappa shape index (κ2) is 12.1. The van der Waals surface area contributed by atoms with E-state index in [9.17, 15) is 9.18 Å². The van der Waals surface area contributed by atoms with Crippen LogP contribution in [0.3, 0.4) is 0 Å². The van der Waals surface area contributed by atoms with Crippen LogP contribution in [0.4, 0.5) is 10.1 Å². The van der Waals surface area contributed by atoms with Crippen LogP contribution >= 0.6 is 0 Å². The normalized spacial score (nSPS) is 14.7. The number of carbonyl (C=O) groups is 1. The molecule has 0 bridgehead atoms.